The summed E-state index contributed by atoms with van der Waals surface area (Å²) in [5.74, 6) is -1.13. The average molecular weight is 464 g/mol. The Bertz CT molecular complexity index is 1360. The zero-order valence-corrected chi connectivity index (χ0v) is 18.6. The van der Waals surface area contributed by atoms with Gasteiger partial charge in [0.1, 0.15) is 17.1 Å². The first kappa shape index (κ1) is 22.7. The van der Waals surface area contributed by atoms with E-state index in [0.29, 0.717) is 28.2 Å². The average Bonchev–Trinajstić information content (AvgIpc) is 3.22. The number of benzene rings is 3. The van der Waals surface area contributed by atoms with Crippen molar-refractivity contribution in [1.82, 2.24) is 0 Å². The lowest BCUT2D eigenvalue weighted by molar-refractivity contribution is 0.0999. The van der Waals surface area contributed by atoms with Gasteiger partial charge in [-0.15, -0.1) is 0 Å². The quantitative estimate of drug-likeness (QED) is 0.395. The molecule has 1 aromatic heterocycles. The number of carbonyl (C=O) groups is 2. The maximum atomic E-state index is 14.1. The molecule has 8 nitrogen and oxygen atoms in total. The second-order valence-electron chi connectivity index (χ2n) is 7.10. The molecule has 2 N–H and O–H groups in total. The van der Waals surface area contributed by atoms with E-state index in [-0.39, 0.29) is 22.7 Å². The van der Waals surface area contributed by atoms with Crippen LogP contribution in [0.4, 0.5) is 15.8 Å². The molecule has 0 aliphatic heterocycles. The molecule has 0 unspecified atom stereocenters. The number of nitrogens with one attached hydrogen (secondary N) is 2. The Morgan fingerprint density at radius 2 is 1.47 bits per heavy atom. The van der Waals surface area contributed by atoms with Gasteiger partial charge in [-0.3, -0.25) is 9.59 Å². The van der Waals surface area contributed by atoms with Crippen LogP contribution in [0.25, 0.3) is 11.0 Å². The molecule has 4 rings (SSSR count). The van der Waals surface area contributed by atoms with Crippen molar-refractivity contribution in [2.45, 2.75) is 0 Å². The molecule has 1 heterocycles. The highest BCUT2D eigenvalue weighted by molar-refractivity contribution is 6.17. The van der Waals surface area contributed by atoms with Gasteiger partial charge < -0.3 is 29.3 Å². The summed E-state index contributed by atoms with van der Waals surface area (Å²) in [5, 5.41) is 5.71. The lowest BCUT2D eigenvalue weighted by Gasteiger charge is -2.14. The molecule has 0 aliphatic carbocycles. The number of furan rings is 1. The Labute approximate surface area is 194 Å². The van der Waals surface area contributed by atoms with E-state index in [0.717, 1.165) is 0 Å². The molecule has 0 radical (unpaired) electrons. The number of anilines is 2. The molecule has 34 heavy (non-hydrogen) atoms. The van der Waals surface area contributed by atoms with Gasteiger partial charge in [-0.05, 0) is 36.4 Å². The Kier molecular flexibility index (Phi) is 6.35. The van der Waals surface area contributed by atoms with E-state index in [4.69, 9.17) is 18.6 Å². The van der Waals surface area contributed by atoms with E-state index in [9.17, 15) is 14.0 Å². The summed E-state index contributed by atoms with van der Waals surface area (Å²) in [4.78, 5) is 26.2. The normalized spacial score (nSPS) is 10.6. The maximum absolute atomic E-state index is 14.1. The molecule has 0 spiro atoms. The summed E-state index contributed by atoms with van der Waals surface area (Å²) in [7, 11) is 4.33. The van der Waals surface area contributed by atoms with Crippen molar-refractivity contribution >= 4 is 34.2 Å². The Morgan fingerprint density at radius 1 is 0.824 bits per heavy atom. The minimum atomic E-state index is -0.721. The van der Waals surface area contributed by atoms with Gasteiger partial charge in [0, 0.05) is 10.9 Å². The number of ether oxygens (including phenoxy) is 3. The van der Waals surface area contributed by atoms with Gasteiger partial charge in [0.2, 0.25) is 11.5 Å². The van der Waals surface area contributed by atoms with E-state index in [2.05, 4.69) is 10.6 Å². The lowest BCUT2D eigenvalue weighted by atomic mass is 10.1. The molecule has 9 heteroatoms. The van der Waals surface area contributed by atoms with Gasteiger partial charge >= 0.3 is 0 Å². The summed E-state index contributed by atoms with van der Waals surface area (Å²) in [6.07, 6.45) is 0. The van der Waals surface area contributed by atoms with Crippen LogP contribution in [-0.4, -0.2) is 33.1 Å². The van der Waals surface area contributed by atoms with Gasteiger partial charge in [-0.25, -0.2) is 4.39 Å². The number of halogens is 1. The lowest BCUT2D eigenvalue weighted by Crippen LogP contribution is -2.18. The summed E-state index contributed by atoms with van der Waals surface area (Å²) >= 11 is 0. The minimum absolute atomic E-state index is 0.0186. The molecular weight excluding hydrogens is 443 g/mol. The molecule has 2 amide bonds. The van der Waals surface area contributed by atoms with Crippen molar-refractivity contribution in [2.24, 2.45) is 0 Å². The molecule has 0 saturated heterocycles. The Morgan fingerprint density at radius 3 is 2.12 bits per heavy atom. The van der Waals surface area contributed by atoms with E-state index in [1.165, 1.54) is 51.7 Å². The molecule has 0 aliphatic rings. The summed E-state index contributed by atoms with van der Waals surface area (Å²) in [5.41, 5.74) is 0.694. The molecule has 3 aromatic carbocycles. The first-order valence-corrected chi connectivity index (χ1v) is 10.2. The zero-order chi connectivity index (χ0) is 24.2. The predicted molar refractivity (Wildman–Crippen MR) is 125 cm³/mol. The monoisotopic (exact) mass is 464 g/mol. The summed E-state index contributed by atoms with van der Waals surface area (Å²) in [6.45, 7) is 0. The summed E-state index contributed by atoms with van der Waals surface area (Å²) < 4.78 is 35.7. The fourth-order valence-corrected chi connectivity index (χ4v) is 3.47. The van der Waals surface area contributed by atoms with E-state index in [1.807, 2.05) is 0 Å². The Balaban J connectivity index is 1.73. The fraction of sp³-hybridized carbons (Fsp3) is 0.120. The van der Waals surface area contributed by atoms with Crippen LogP contribution < -0.4 is 24.8 Å². The van der Waals surface area contributed by atoms with E-state index >= 15 is 0 Å². The predicted octanol–water partition coefficient (Wildman–Crippen LogP) is 5.10. The number of para-hydroxylation sites is 2. The molecule has 0 saturated carbocycles. The highest BCUT2D eigenvalue weighted by Gasteiger charge is 2.25. The fourth-order valence-electron chi connectivity index (χ4n) is 3.47. The molecule has 0 fully saturated rings. The van der Waals surface area contributed by atoms with Crippen molar-refractivity contribution in [3.8, 4) is 17.2 Å². The van der Waals surface area contributed by atoms with Gasteiger partial charge in [-0.1, -0.05) is 24.3 Å². The van der Waals surface area contributed by atoms with Crippen molar-refractivity contribution in [2.75, 3.05) is 32.0 Å². The van der Waals surface area contributed by atoms with Crippen LogP contribution >= 0.6 is 0 Å². The molecule has 0 atom stereocenters. The molecule has 174 valence electrons. The van der Waals surface area contributed by atoms with Crippen LogP contribution in [0.1, 0.15) is 20.9 Å². The standard InChI is InChI=1S/C25H21FN2O6/c1-31-19-12-14(13-20(32-2)22(19)33-3)24(29)28-21-15-8-4-7-11-18(15)34-23(21)25(30)27-17-10-6-5-9-16(17)26/h4-13H,1-3H3,(H,27,30)(H,28,29). The van der Waals surface area contributed by atoms with Crippen LogP contribution in [-0.2, 0) is 0 Å². The number of hydrogen-bond acceptors (Lipinski definition) is 6. The van der Waals surface area contributed by atoms with Gasteiger partial charge in [0.25, 0.3) is 11.8 Å². The first-order valence-electron chi connectivity index (χ1n) is 10.2. The van der Waals surface area contributed by atoms with Crippen LogP contribution in [0.2, 0.25) is 0 Å². The topological polar surface area (TPSA) is 99.0 Å². The number of rotatable bonds is 7. The van der Waals surface area contributed by atoms with Gasteiger partial charge in [-0.2, -0.15) is 0 Å². The Hall–Kier alpha value is -4.53. The SMILES string of the molecule is COc1cc(C(=O)Nc2c(C(=O)Nc3ccccc3F)oc3ccccc23)cc(OC)c1OC. The third-order valence-electron chi connectivity index (χ3n) is 5.09. The smallest absolute Gasteiger partial charge is 0.293 e. The summed E-state index contributed by atoms with van der Waals surface area (Å²) in [6, 6.07) is 15.5. The van der Waals surface area contributed by atoms with Crippen molar-refractivity contribution < 1.29 is 32.6 Å². The van der Waals surface area contributed by atoms with Gasteiger partial charge in [0.15, 0.2) is 11.5 Å². The molecule has 4 aromatic rings. The van der Waals surface area contributed by atoms with Gasteiger partial charge in [0.05, 0.1) is 27.0 Å². The molecule has 0 bridgehead atoms. The second kappa shape index (κ2) is 9.53. The largest absolute Gasteiger partial charge is 0.493 e. The van der Waals surface area contributed by atoms with Crippen LogP contribution in [0, 0.1) is 5.82 Å². The van der Waals surface area contributed by atoms with Crippen molar-refractivity contribution in [1.29, 1.82) is 0 Å². The number of carbonyl (C=O) groups excluding carboxylic acids is 2. The number of hydrogen-bond donors (Lipinski definition) is 2. The first-order chi connectivity index (χ1) is 16.5. The van der Waals surface area contributed by atoms with Crippen molar-refractivity contribution in [3.05, 3.63) is 77.8 Å². The van der Waals surface area contributed by atoms with Crippen molar-refractivity contribution in [3.63, 3.8) is 0 Å². The number of methoxy groups -OCH3 is 3. The highest BCUT2D eigenvalue weighted by Crippen LogP contribution is 2.39. The third-order valence-corrected chi connectivity index (χ3v) is 5.09. The third kappa shape index (κ3) is 4.23. The number of fused-ring (bicyclic) bond motifs is 1. The number of amides is 2. The van der Waals surface area contributed by atoms with E-state index in [1.54, 1.807) is 30.3 Å². The zero-order valence-electron chi connectivity index (χ0n) is 18.6. The maximum Gasteiger partial charge on any atom is 0.293 e. The molecular formula is C25H21FN2O6. The van der Waals surface area contributed by atoms with Crippen LogP contribution in [0.15, 0.2) is 65.1 Å². The minimum Gasteiger partial charge on any atom is -0.493 e. The van der Waals surface area contributed by atoms with Crippen LogP contribution in [0.3, 0.4) is 0 Å². The highest BCUT2D eigenvalue weighted by atomic mass is 19.1. The van der Waals surface area contributed by atoms with E-state index < -0.39 is 17.6 Å². The van der Waals surface area contributed by atoms with Crippen LogP contribution in [0.5, 0.6) is 17.2 Å². The second-order valence-corrected chi connectivity index (χ2v) is 7.10.